The highest BCUT2D eigenvalue weighted by molar-refractivity contribution is 5.05. The van der Waals surface area contributed by atoms with Gasteiger partial charge in [-0.05, 0) is 38.5 Å². The van der Waals surface area contributed by atoms with Gasteiger partial charge in [0.2, 0.25) is 0 Å². The average Bonchev–Trinajstić information content (AvgIpc) is 3.38. The second-order valence-corrected chi connectivity index (χ2v) is 10.7. The van der Waals surface area contributed by atoms with Gasteiger partial charge in [-0.2, -0.15) is 0 Å². The third-order valence-corrected chi connectivity index (χ3v) is 8.17. The fraction of sp³-hybridized carbons (Fsp3) is 1.00. The second-order valence-electron chi connectivity index (χ2n) is 10.7. The van der Waals surface area contributed by atoms with E-state index in [9.17, 15) is 15.3 Å². The van der Waals surface area contributed by atoms with Crippen LogP contribution < -0.4 is 0 Å². The molecule has 4 N–H and O–H groups in total. The lowest BCUT2D eigenvalue weighted by Crippen LogP contribution is -2.53. The smallest absolute Gasteiger partial charge is 0.181 e. The van der Waals surface area contributed by atoms with Crippen LogP contribution >= 0.6 is 0 Å². The molecular formula is C25H44O9. The molecule has 1 spiro atoms. The van der Waals surface area contributed by atoms with Crippen molar-refractivity contribution in [3.63, 3.8) is 0 Å². The molecule has 34 heavy (non-hydrogen) atoms. The van der Waals surface area contributed by atoms with Crippen LogP contribution in [0.15, 0.2) is 0 Å². The highest BCUT2D eigenvalue weighted by Crippen LogP contribution is 2.46. The average molecular weight is 489 g/mol. The first-order valence-corrected chi connectivity index (χ1v) is 13.2. The molecule has 5 aliphatic heterocycles. The van der Waals surface area contributed by atoms with Crippen molar-refractivity contribution in [3.8, 4) is 0 Å². The van der Waals surface area contributed by atoms with Crippen molar-refractivity contribution in [2.75, 3.05) is 19.8 Å². The summed E-state index contributed by atoms with van der Waals surface area (Å²) in [5.74, 6) is 0. The quantitative estimate of drug-likeness (QED) is 0.421. The van der Waals surface area contributed by atoms with Gasteiger partial charge in [-0.15, -0.1) is 0 Å². The molecule has 0 aromatic carbocycles. The van der Waals surface area contributed by atoms with Gasteiger partial charge < -0.3 is 44.1 Å². The predicted molar refractivity (Wildman–Crippen MR) is 122 cm³/mol. The summed E-state index contributed by atoms with van der Waals surface area (Å²) in [7, 11) is 0. The van der Waals surface area contributed by atoms with Crippen LogP contribution in [-0.4, -0.2) is 100 Å². The molecule has 5 rings (SSSR count). The van der Waals surface area contributed by atoms with E-state index in [1.54, 1.807) is 0 Å². The van der Waals surface area contributed by atoms with Crippen molar-refractivity contribution in [3.05, 3.63) is 0 Å². The lowest BCUT2D eigenvalue weighted by atomic mass is 9.85. The number of rotatable bonds is 7. The number of aliphatic hydroxyl groups excluding tert-OH is 4. The minimum absolute atomic E-state index is 0.0907. The van der Waals surface area contributed by atoms with E-state index in [-0.39, 0.29) is 43.2 Å². The Morgan fingerprint density at radius 3 is 2.21 bits per heavy atom. The Kier molecular flexibility index (Phi) is 8.92. The molecule has 0 radical (unpaired) electrons. The van der Waals surface area contributed by atoms with E-state index in [1.165, 1.54) is 0 Å². The standard InChI is InChI=1S/C13H24O5.C12H20O4/c1-2-3-9-4-5-12-13(8-15,18-9)6-11(17-12)10(16)7-14;1-2-3-8-4-5-10-12(16-8)6-9(15-10)11(13)14-7-12/h9-12,14-16H,2-8H2,1H3;8-11,13H,2-7H2,1H3/t9?,10-,11-,12+,13?;8?,9-,10+,11?,12-/m11/s1. The van der Waals surface area contributed by atoms with Crippen molar-refractivity contribution >= 4 is 0 Å². The van der Waals surface area contributed by atoms with E-state index < -0.39 is 24.1 Å². The fourth-order valence-corrected chi connectivity index (χ4v) is 6.36. The first-order chi connectivity index (χ1) is 16.4. The van der Waals surface area contributed by atoms with E-state index in [1.807, 2.05) is 0 Å². The molecular weight excluding hydrogens is 444 g/mol. The van der Waals surface area contributed by atoms with Crippen LogP contribution in [0.2, 0.25) is 0 Å². The highest BCUT2D eigenvalue weighted by Gasteiger charge is 2.58. The van der Waals surface area contributed by atoms with Gasteiger partial charge in [0.1, 0.15) is 23.4 Å². The Balaban J connectivity index is 0.000000162. The maximum atomic E-state index is 9.67. The lowest BCUT2D eigenvalue weighted by molar-refractivity contribution is -0.222. The number of fused-ring (bicyclic) bond motifs is 2. The van der Waals surface area contributed by atoms with E-state index in [2.05, 4.69) is 13.8 Å². The predicted octanol–water partition coefficient (Wildman–Crippen LogP) is 1.42. The molecule has 0 aliphatic carbocycles. The SMILES string of the molecule is CCCC1CC[C@@H]2O[C@@H]([C@H](O)CO)CC2(CO)O1.CCCC1CC[C@@H]2O[C@@H]3C[C@]2(COC3O)O1. The molecule has 9 heteroatoms. The van der Waals surface area contributed by atoms with Gasteiger partial charge in [0.15, 0.2) is 6.29 Å². The summed E-state index contributed by atoms with van der Waals surface area (Å²) in [5, 5.41) is 37.9. The number of hydrogen-bond donors (Lipinski definition) is 4. The molecule has 198 valence electrons. The molecule has 5 saturated heterocycles. The van der Waals surface area contributed by atoms with E-state index in [4.69, 9.17) is 28.8 Å². The number of ether oxygens (including phenoxy) is 5. The summed E-state index contributed by atoms with van der Waals surface area (Å²) >= 11 is 0. The molecule has 5 fully saturated rings. The highest BCUT2D eigenvalue weighted by atomic mass is 16.7. The van der Waals surface area contributed by atoms with Crippen LogP contribution in [0.5, 0.6) is 0 Å². The second kappa shape index (κ2) is 11.4. The Hall–Kier alpha value is -0.360. The normalized spacial score (nSPS) is 46.2. The molecule has 4 unspecified atom stereocenters. The van der Waals surface area contributed by atoms with Gasteiger partial charge in [-0.25, -0.2) is 0 Å². The first kappa shape index (κ1) is 26.7. The topological polar surface area (TPSA) is 127 Å². The molecule has 0 aromatic heterocycles. The maximum absolute atomic E-state index is 9.67. The molecule has 5 heterocycles. The molecule has 5 aliphatic rings. The minimum Gasteiger partial charge on any atom is -0.394 e. The van der Waals surface area contributed by atoms with Gasteiger partial charge in [0, 0.05) is 12.8 Å². The van der Waals surface area contributed by atoms with Crippen molar-refractivity contribution in [1.29, 1.82) is 0 Å². The van der Waals surface area contributed by atoms with Gasteiger partial charge >= 0.3 is 0 Å². The van der Waals surface area contributed by atoms with Crippen LogP contribution in [0.3, 0.4) is 0 Å². The van der Waals surface area contributed by atoms with Crippen LogP contribution in [0, 0.1) is 0 Å². The third kappa shape index (κ3) is 5.33. The molecule has 0 saturated carbocycles. The molecule has 10 atom stereocenters. The lowest BCUT2D eigenvalue weighted by Gasteiger charge is -2.42. The van der Waals surface area contributed by atoms with E-state index >= 15 is 0 Å². The van der Waals surface area contributed by atoms with Crippen LogP contribution in [-0.2, 0) is 23.7 Å². The van der Waals surface area contributed by atoms with Gasteiger partial charge in [0.05, 0.1) is 50.3 Å². The Labute approximate surface area is 202 Å². The van der Waals surface area contributed by atoms with Crippen LogP contribution in [0.4, 0.5) is 0 Å². The molecule has 0 amide bonds. The van der Waals surface area contributed by atoms with E-state index in [0.29, 0.717) is 19.1 Å². The monoisotopic (exact) mass is 488 g/mol. The van der Waals surface area contributed by atoms with Crippen molar-refractivity contribution in [2.45, 2.75) is 138 Å². The van der Waals surface area contributed by atoms with E-state index in [0.717, 1.165) is 57.8 Å². The molecule has 0 aromatic rings. The van der Waals surface area contributed by atoms with Crippen molar-refractivity contribution < 1.29 is 44.1 Å². The zero-order valence-corrected chi connectivity index (χ0v) is 20.6. The van der Waals surface area contributed by atoms with Crippen LogP contribution in [0.25, 0.3) is 0 Å². The van der Waals surface area contributed by atoms with Gasteiger partial charge in [-0.1, -0.05) is 26.7 Å². The summed E-state index contributed by atoms with van der Waals surface area (Å²) in [5.41, 5.74) is -0.944. The fourth-order valence-electron chi connectivity index (χ4n) is 6.36. The number of hydrogen-bond acceptors (Lipinski definition) is 9. The molecule has 2 bridgehead atoms. The van der Waals surface area contributed by atoms with Gasteiger partial charge in [-0.3, -0.25) is 0 Å². The summed E-state index contributed by atoms with van der Waals surface area (Å²) in [4.78, 5) is 0. The van der Waals surface area contributed by atoms with Gasteiger partial charge in [0.25, 0.3) is 0 Å². The Morgan fingerprint density at radius 2 is 1.56 bits per heavy atom. The zero-order chi connectivity index (χ0) is 24.3. The summed E-state index contributed by atoms with van der Waals surface area (Å²) in [6.45, 7) is 4.37. The van der Waals surface area contributed by atoms with Crippen molar-refractivity contribution in [2.24, 2.45) is 0 Å². The summed E-state index contributed by atoms with van der Waals surface area (Å²) in [6, 6.07) is 0. The zero-order valence-electron chi connectivity index (χ0n) is 20.6. The summed E-state index contributed by atoms with van der Waals surface area (Å²) in [6.07, 6.45) is 7.66. The Bertz CT molecular complexity index is 650. The number of aliphatic hydroxyl groups is 4. The minimum atomic E-state index is -0.896. The van der Waals surface area contributed by atoms with Crippen molar-refractivity contribution in [1.82, 2.24) is 0 Å². The Morgan fingerprint density at radius 1 is 0.882 bits per heavy atom. The maximum Gasteiger partial charge on any atom is 0.181 e. The molecule has 9 nitrogen and oxygen atoms in total. The third-order valence-electron chi connectivity index (χ3n) is 8.17. The summed E-state index contributed by atoms with van der Waals surface area (Å²) < 4.78 is 29.2. The van der Waals surface area contributed by atoms with Crippen LogP contribution in [0.1, 0.15) is 78.1 Å². The largest absolute Gasteiger partial charge is 0.394 e. The first-order valence-electron chi connectivity index (χ1n) is 13.2.